The van der Waals surface area contributed by atoms with Crippen molar-refractivity contribution in [3.05, 3.63) is 47.8 Å². The monoisotopic (exact) mass is 319 g/mol. The number of carboxylic acids is 1. The van der Waals surface area contributed by atoms with Gasteiger partial charge in [0.2, 0.25) is 0 Å². The Morgan fingerprint density at radius 2 is 2.00 bits per heavy atom. The quantitative estimate of drug-likeness (QED) is 0.797. The molecule has 116 valence electrons. The lowest BCUT2D eigenvalue weighted by atomic mass is 10.0. The van der Waals surface area contributed by atoms with Crippen LogP contribution in [-0.2, 0) is 11.8 Å². The van der Waals surface area contributed by atoms with Crippen molar-refractivity contribution in [2.45, 2.75) is 17.4 Å². The Bertz CT molecular complexity index is 667. The van der Waals surface area contributed by atoms with E-state index in [1.165, 1.54) is 10.9 Å². The molecule has 0 spiro atoms. The van der Waals surface area contributed by atoms with E-state index in [4.69, 9.17) is 5.11 Å². The molecular weight excluding hydrogens is 302 g/mol. The summed E-state index contributed by atoms with van der Waals surface area (Å²) in [6.07, 6.45) is 3.31. The second-order valence-electron chi connectivity index (χ2n) is 4.74. The van der Waals surface area contributed by atoms with E-state index in [0.29, 0.717) is 5.69 Å². The summed E-state index contributed by atoms with van der Waals surface area (Å²) < 4.78 is 1.45. The summed E-state index contributed by atoms with van der Waals surface area (Å²) in [6, 6.07) is 8.49. The molecule has 22 heavy (non-hydrogen) atoms. The van der Waals surface area contributed by atoms with Crippen molar-refractivity contribution in [2.24, 2.45) is 7.05 Å². The smallest absolute Gasteiger partial charge is 0.305 e. The van der Waals surface area contributed by atoms with Gasteiger partial charge in [-0.15, -0.1) is 11.8 Å². The van der Waals surface area contributed by atoms with Crippen LogP contribution in [0, 0.1) is 0 Å². The molecule has 1 amide bonds. The Hall–Kier alpha value is -2.28. The molecule has 0 aliphatic rings. The van der Waals surface area contributed by atoms with E-state index in [0.717, 1.165) is 10.5 Å². The van der Waals surface area contributed by atoms with Crippen LogP contribution in [0.2, 0.25) is 0 Å². The average molecular weight is 319 g/mol. The Kier molecular flexibility index (Phi) is 5.21. The number of nitrogens with zero attached hydrogens (tertiary/aromatic N) is 2. The number of thioether (sulfide) groups is 1. The lowest BCUT2D eigenvalue weighted by Crippen LogP contribution is -2.31. The van der Waals surface area contributed by atoms with Crippen molar-refractivity contribution in [3.8, 4) is 0 Å². The molecular formula is C15H17N3O3S. The van der Waals surface area contributed by atoms with Crippen molar-refractivity contribution in [1.29, 1.82) is 0 Å². The molecule has 0 fully saturated rings. The minimum atomic E-state index is -0.968. The lowest BCUT2D eigenvalue weighted by molar-refractivity contribution is -0.137. The number of amides is 1. The highest BCUT2D eigenvalue weighted by Gasteiger charge is 2.20. The normalized spacial score (nSPS) is 11.9. The highest BCUT2D eigenvalue weighted by atomic mass is 32.2. The van der Waals surface area contributed by atoms with Gasteiger partial charge in [-0.2, -0.15) is 5.10 Å². The third-order valence-corrected chi connectivity index (χ3v) is 4.00. The number of nitrogens with one attached hydrogen (secondary N) is 1. The third-order valence-electron chi connectivity index (χ3n) is 3.26. The van der Waals surface area contributed by atoms with Crippen LogP contribution in [0.25, 0.3) is 0 Å². The minimum absolute atomic E-state index is 0.178. The number of carbonyl (C=O) groups is 2. The number of aromatic nitrogens is 2. The molecule has 0 saturated carbocycles. The fourth-order valence-corrected chi connectivity index (χ4v) is 2.50. The Morgan fingerprint density at radius 1 is 1.32 bits per heavy atom. The molecule has 1 unspecified atom stereocenters. The van der Waals surface area contributed by atoms with Gasteiger partial charge in [0.25, 0.3) is 5.91 Å². The largest absolute Gasteiger partial charge is 0.481 e. The van der Waals surface area contributed by atoms with Gasteiger partial charge in [-0.25, -0.2) is 0 Å². The first-order valence-electron chi connectivity index (χ1n) is 6.66. The minimum Gasteiger partial charge on any atom is -0.481 e. The molecule has 2 aromatic rings. The van der Waals surface area contributed by atoms with Gasteiger partial charge in [-0.3, -0.25) is 14.3 Å². The van der Waals surface area contributed by atoms with Crippen molar-refractivity contribution in [1.82, 2.24) is 15.1 Å². The molecule has 1 heterocycles. The van der Waals surface area contributed by atoms with Crippen LogP contribution in [0.1, 0.15) is 28.5 Å². The van der Waals surface area contributed by atoms with Crippen LogP contribution in [0.15, 0.2) is 41.4 Å². The van der Waals surface area contributed by atoms with Crippen LogP contribution in [0.4, 0.5) is 0 Å². The van der Waals surface area contributed by atoms with Gasteiger partial charge in [0.05, 0.1) is 12.5 Å². The first-order valence-corrected chi connectivity index (χ1v) is 7.88. The Morgan fingerprint density at radius 3 is 2.50 bits per heavy atom. The van der Waals surface area contributed by atoms with Crippen LogP contribution in [0.3, 0.4) is 0 Å². The number of carboxylic acid groups (broad SMARTS) is 1. The van der Waals surface area contributed by atoms with Crippen LogP contribution in [0.5, 0.6) is 0 Å². The van der Waals surface area contributed by atoms with Crippen LogP contribution in [-0.4, -0.2) is 33.0 Å². The molecule has 0 radical (unpaired) electrons. The summed E-state index contributed by atoms with van der Waals surface area (Å²) in [5, 5.41) is 15.8. The van der Waals surface area contributed by atoms with E-state index in [1.807, 2.05) is 30.5 Å². The number of benzene rings is 1. The fourth-order valence-electron chi connectivity index (χ4n) is 2.09. The van der Waals surface area contributed by atoms with E-state index in [2.05, 4.69) is 10.4 Å². The summed E-state index contributed by atoms with van der Waals surface area (Å²) in [6.45, 7) is 0. The van der Waals surface area contributed by atoms with Crippen LogP contribution >= 0.6 is 11.8 Å². The number of hydrogen-bond acceptors (Lipinski definition) is 4. The number of carbonyl (C=O) groups excluding carboxylic acids is 1. The highest BCUT2D eigenvalue weighted by molar-refractivity contribution is 7.98. The fraction of sp³-hybridized carbons (Fsp3) is 0.267. The van der Waals surface area contributed by atoms with E-state index >= 15 is 0 Å². The predicted octanol–water partition coefficient (Wildman–Crippen LogP) is 2.09. The zero-order valence-corrected chi connectivity index (χ0v) is 13.1. The zero-order valence-electron chi connectivity index (χ0n) is 12.3. The molecule has 0 aliphatic carbocycles. The molecule has 1 aromatic heterocycles. The van der Waals surface area contributed by atoms with Gasteiger partial charge in [0.15, 0.2) is 0 Å². The first kappa shape index (κ1) is 16.1. The Labute approximate surface area is 132 Å². The van der Waals surface area contributed by atoms with E-state index < -0.39 is 12.0 Å². The van der Waals surface area contributed by atoms with Gasteiger partial charge in [0, 0.05) is 18.1 Å². The summed E-state index contributed by atoms with van der Waals surface area (Å²) in [7, 11) is 1.66. The SMILES string of the molecule is CSc1ccc(C(CC(=O)O)NC(=O)c2ccnn2C)cc1. The zero-order chi connectivity index (χ0) is 16.1. The number of aliphatic carboxylic acids is 1. The maximum Gasteiger partial charge on any atom is 0.305 e. The van der Waals surface area contributed by atoms with E-state index in [1.54, 1.807) is 24.9 Å². The van der Waals surface area contributed by atoms with E-state index in [-0.39, 0.29) is 12.3 Å². The Balaban J connectivity index is 2.20. The van der Waals surface area contributed by atoms with Gasteiger partial charge < -0.3 is 10.4 Å². The second-order valence-corrected chi connectivity index (χ2v) is 5.62. The first-order chi connectivity index (χ1) is 10.5. The number of hydrogen-bond donors (Lipinski definition) is 2. The van der Waals surface area contributed by atoms with Crippen molar-refractivity contribution < 1.29 is 14.7 Å². The molecule has 0 saturated heterocycles. The average Bonchev–Trinajstić information content (AvgIpc) is 2.92. The highest BCUT2D eigenvalue weighted by Crippen LogP contribution is 2.21. The molecule has 2 rings (SSSR count). The molecule has 6 nitrogen and oxygen atoms in total. The van der Waals surface area contributed by atoms with Gasteiger partial charge in [0.1, 0.15) is 5.69 Å². The number of rotatable bonds is 6. The molecule has 1 atom stereocenters. The number of aryl methyl sites for hydroxylation is 1. The molecule has 7 heteroatoms. The summed E-state index contributed by atoms with van der Waals surface area (Å²) in [5.41, 5.74) is 1.15. The molecule has 2 N–H and O–H groups in total. The van der Waals surface area contributed by atoms with Crippen LogP contribution < -0.4 is 5.32 Å². The molecule has 0 bridgehead atoms. The predicted molar refractivity (Wildman–Crippen MR) is 83.9 cm³/mol. The van der Waals surface area contributed by atoms with Crippen molar-refractivity contribution in [2.75, 3.05) is 6.26 Å². The summed E-state index contributed by atoms with van der Waals surface area (Å²) in [4.78, 5) is 24.4. The lowest BCUT2D eigenvalue weighted by Gasteiger charge is -2.17. The van der Waals surface area contributed by atoms with Crippen molar-refractivity contribution in [3.63, 3.8) is 0 Å². The van der Waals surface area contributed by atoms with E-state index in [9.17, 15) is 9.59 Å². The maximum atomic E-state index is 12.2. The standard InChI is InChI=1S/C15H17N3O3S/c1-18-13(7-8-16-18)15(21)17-12(9-14(19)20)10-3-5-11(22-2)6-4-10/h3-8,12H,9H2,1-2H3,(H,17,21)(H,19,20). The van der Waals surface area contributed by atoms with Gasteiger partial charge >= 0.3 is 5.97 Å². The maximum absolute atomic E-state index is 12.2. The topological polar surface area (TPSA) is 84.2 Å². The van der Waals surface area contributed by atoms with Gasteiger partial charge in [-0.1, -0.05) is 12.1 Å². The molecule has 1 aromatic carbocycles. The second kappa shape index (κ2) is 7.13. The summed E-state index contributed by atoms with van der Waals surface area (Å²) >= 11 is 1.60. The third kappa shape index (κ3) is 3.88. The molecule has 0 aliphatic heterocycles. The van der Waals surface area contributed by atoms with Gasteiger partial charge in [-0.05, 0) is 30.0 Å². The van der Waals surface area contributed by atoms with Crippen molar-refractivity contribution >= 4 is 23.6 Å². The summed E-state index contributed by atoms with van der Waals surface area (Å²) in [5.74, 6) is -1.32.